The molecule has 0 unspecified atom stereocenters. The first kappa shape index (κ1) is 23.6. The van der Waals surface area contributed by atoms with Gasteiger partial charge >= 0.3 is 12.1 Å². The number of phenols is 1. The molecule has 1 aliphatic heterocycles. The first-order valence-corrected chi connectivity index (χ1v) is 9.56. The zero-order valence-corrected chi connectivity index (χ0v) is 17.5. The number of rotatable bonds is 7. The van der Waals surface area contributed by atoms with Gasteiger partial charge in [-0.25, -0.2) is 9.59 Å². The Balaban J connectivity index is 1.99. The van der Waals surface area contributed by atoms with E-state index in [-0.39, 0.29) is 25.0 Å². The van der Waals surface area contributed by atoms with Crippen LogP contribution in [-0.2, 0) is 35.2 Å². The second kappa shape index (κ2) is 9.92. The van der Waals surface area contributed by atoms with Crippen LogP contribution >= 0.6 is 0 Å². The molecule has 0 spiro atoms. The van der Waals surface area contributed by atoms with Gasteiger partial charge in [-0.3, -0.25) is 14.4 Å². The SMILES string of the molecule is CC(C)(C)OC(=O)N[C@@H](Cc1ccc(O)cc1)C(=O)NCC(=O)ON1C(=O)CCC1=O. The van der Waals surface area contributed by atoms with Crippen LogP contribution in [0.25, 0.3) is 0 Å². The number of nitrogens with one attached hydrogen (secondary N) is 2. The van der Waals surface area contributed by atoms with Crippen LogP contribution in [0.3, 0.4) is 0 Å². The molecule has 1 aromatic carbocycles. The van der Waals surface area contributed by atoms with Gasteiger partial charge in [-0.2, -0.15) is 0 Å². The number of hydrogen-bond acceptors (Lipinski definition) is 8. The largest absolute Gasteiger partial charge is 0.508 e. The zero-order chi connectivity index (χ0) is 23.2. The maximum absolute atomic E-state index is 12.6. The number of nitrogens with zero attached hydrogens (tertiary/aromatic N) is 1. The van der Waals surface area contributed by atoms with E-state index in [1.165, 1.54) is 12.1 Å². The average Bonchev–Trinajstić information content (AvgIpc) is 2.97. The molecule has 2 rings (SSSR count). The molecule has 1 aliphatic rings. The Morgan fingerprint density at radius 1 is 1.10 bits per heavy atom. The maximum Gasteiger partial charge on any atom is 0.408 e. The lowest BCUT2D eigenvalue weighted by Crippen LogP contribution is -2.50. The van der Waals surface area contributed by atoms with E-state index in [0.29, 0.717) is 10.6 Å². The summed E-state index contributed by atoms with van der Waals surface area (Å²) >= 11 is 0. The third-order valence-electron chi connectivity index (χ3n) is 3.99. The topological polar surface area (TPSA) is 151 Å². The molecule has 4 amide bonds. The summed E-state index contributed by atoms with van der Waals surface area (Å²) in [6.45, 7) is 4.37. The van der Waals surface area contributed by atoms with E-state index in [0.717, 1.165) is 0 Å². The second-order valence-electron chi connectivity index (χ2n) is 7.83. The molecule has 1 atom stereocenters. The van der Waals surface area contributed by atoms with Crippen molar-refractivity contribution in [2.75, 3.05) is 6.54 Å². The summed E-state index contributed by atoms with van der Waals surface area (Å²) in [7, 11) is 0. The molecule has 11 nitrogen and oxygen atoms in total. The lowest BCUT2D eigenvalue weighted by Gasteiger charge is -2.23. The molecule has 0 saturated carbocycles. The Morgan fingerprint density at radius 3 is 2.23 bits per heavy atom. The highest BCUT2D eigenvalue weighted by atomic mass is 16.7. The van der Waals surface area contributed by atoms with E-state index in [1.54, 1.807) is 32.9 Å². The number of carbonyl (C=O) groups is 5. The fourth-order valence-electron chi connectivity index (χ4n) is 2.60. The van der Waals surface area contributed by atoms with Crippen molar-refractivity contribution in [3.8, 4) is 5.75 Å². The highest BCUT2D eigenvalue weighted by molar-refractivity contribution is 6.01. The summed E-state index contributed by atoms with van der Waals surface area (Å²) in [6.07, 6.45) is -0.883. The third kappa shape index (κ3) is 7.61. The summed E-state index contributed by atoms with van der Waals surface area (Å²) in [5.41, 5.74) is -0.160. The Kier molecular flexibility index (Phi) is 7.56. The average molecular weight is 435 g/mol. The smallest absolute Gasteiger partial charge is 0.408 e. The van der Waals surface area contributed by atoms with E-state index < -0.39 is 48.0 Å². The molecule has 1 fully saturated rings. The van der Waals surface area contributed by atoms with Crippen LogP contribution in [-0.4, -0.2) is 58.1 Å². The van der Waals surface area contributed by atoms with Crippen molar-refractivity contribution >= 4 is 29.8 Å². The summed E-state index contributed by atoms with van der Waals surface area (Å²) < 4.78 is 5.17. The van der Waals surface area contributed by atoms with Crippen LogP contribution in [0, 0.1) is 0 Å². The minimum Gasteiger partial charge on any atom is -0.508 e. The number of phenolic OH excluding ortho intramolecular Hbond substituents is 1. The number of ether oxygens (including phenoxy) is 1. The summed E-state index contributed by atoms with van der Waals surface area (Å²) in [6, 6.07) is 4.90. The van der Waals surface area contributed by atoms with Crippen LogP contribution in [0.1, 0.15) is 39.2 Å². The van der Waals surface area contributed by atoms with Gasteiger partial charge in [0, 0.05) is 19.3 Å². The Hall–Kier alpha value is -3.63. The standard InChI is InChI=1S/C20H25N3O8/c1-20(2,3)30-19(29)22-14(10-12-4-6-13(24)7-5-12)18(28)21-11-17(27)31-23-15(25)8-9-16(23)26/h4-7,14,24H,8-11H2,1-3H3,(H,21,28)(H,22,29)/t14-/m0/s1. The molecule has 1 heterocycles. The zero-order valence-electron chi connectivity index (χ0n) is 17.5. The number of aromatic hydroxyl groups is 1. The molecule has 0 bridgehead atoms. The first-order valence-electron chi connectivity index (χ1n) is 9.56. The molecule has 1 aromatic rings. The highest BCUT2D eigenvalue weighted by Crippen LogP contribution is 2.13. The van der Waals surface area contributed by atoms with Crippen molar-refractivity contribution in [3.05, 3.63) is 29.8 Å². The van der Waals surface area contributed by atoms with Crippen molar-refractivity contribution in [3.63, 3.8) is 0 Å². The van der Waals surface area contributed by atoms with Gasteiger partial charge < -0.3 is 25.3 Å². The Morgan fingerprint density at radius 2 is 1.68 bits per heavy atom. The van der Waals surface area contributed by atoms with Crippen molar-refractivity contribution in [2.24, 2.45) is 0 Å². The summed E-state index contributed by atoms with van der Waals surface area (Å²) in [5, 5.41) is 14.5. The molecular formula is C20H25N3O8. The number of carbonyl (C=O) groups excluding carboxylic acids is 5. The molecule has 0 aliphatic carbocycles. The summed E-state index contributed by atoms with van der Waals surface area (Å²) in [4.78, 5) is 64.3. The molecule has 168 valence electrons. The number of amides is 4. The molecule has 3 N–H and O–H groups in total. The Labute approximate surface area is 178 Å². The number of benzene rings is 1. The predicted molar refractivity (Wildman–Crippen MR) is 105 cm³/mol. The van der Waals surface area contributed by atoms with Crippen LogP contribution in [0.5, 0.6) is 5.75 Å². The van der Waals surface area contributed by atoms with Crippen molar-refractivity contribution in [1.29, 1.82) is 0 Å². The molecule has 31 heavy (non-hydrogen) atoms. The van der Waals surface area contributed by atoms with E-state index in [1.807, 2.05) is 0 Å². The van der Waals surface area contributed by atoms with Crippen molar-refractivity contribution in [2.45, 2.75) is 51.7 Å². The first-order chi connectivity index (χ1) is 14.4. The third-order valence-corrected chi connectivity index (χ3v) is 3.99. The molecular weight excluding hydrogens is 410 g/mol. The highest BCUT2D eigenvalue weighted by Gasteiger charge is 2.33. The number of hydroxylamine groups is 2. The minimum absolute atomic E-state index is 0.0404. The van der Waals surface area contributed by atoms with Crippen LogP contribution in [0.15, 0.2) is 24.3 Å². The number of alkyl carbamates (subject to hydrolysis) is 1. The van der Waals surface area contributed by atoms with Gasteiger partial charge in [0.1, 0.15) is 23.9 Å². The Bertz CT molecular complexity index is 844. The van der Waals surface area contributed by atoms with E-state index >= 15 is 0 Å². The lowest BCUT2D eigenvalue weighted by atomic mass is 10.1. The van der Waals surface area contributed by atoms with Gasteiger partial charge in [0.25, 0.3) is 11.8 Å². The fraction of sp³-hybridized carbons (Fsp3) is 0.450. The molecule has 11 heteroatoms. The van der Waals surface area contributed by atoms with Gasteiger partial charge in [0.05, 0.1) is 0 Å². The monoisotopic (exact) mass is 435 g/mol. The minimum atomic E-state index is -1.11. The van der Waals surface area contributed by atoms with Gasteiger partial charge in [0.2, 0.25) is 5.91 Å². The second-order valence-corrected chi connectivity index (χ2v) is 7.83. The summed E-state index contributed by atoms with van der Waals surface area (Å²) in [5.74, 6) is -2.96. The van der Waals surface area contributed by atoms with Crippen LogP contribution < -0.4 is 10.6 Å². The predicted octanol–water partition coefficient (Wildman–Crippen LogP) is 0.551. The van der Waals surface area contributed by atoms with Gasteiger partial charge in [-0.15, -0.1) is 5.06 Å². The number of imide groups is 1. The molecule has 1 saturated heterocycles. The van der Waals surface area contributed by atoms with Crippen molar-refractivity contribution < 1.29 is 38.7 Å². The molecule has 0 aromatic heterocycles. The fourth-order valence-corrected chi connectivity index (χ4v) is 2.60. The van der Waals surface area contributed by atoms with Crippen molar-refractivity contribution in [1.82, 2.24) is 15.7 Å². The molecule has 0 radical (unpaired) electrons. The number of hydrogen-bond donors (Lipinski definition) is 3. The van der Waals surface area contributed by atoms with E-state index in [2.05, 4.69) is 15.5 Å². The van der Waals surface area contributed by atoms with Gasteiger partial charge in [-0.1, -0.05) is 12.1 Å². The quantitative estimate of drug-likeness (QED) is 0.525. The lowest BCUT2D eigenvalue weighted by molar-refractivity contribution is -0.196. The normalized spacial score (nSPS) is 14.7. The van der Waals surface area contributed by atoms with E-state index in [4.69, 9.17) is 4.74 Å². The maximum atomic E-state index is 12.6. The van der Waals surface area contributed by atoms with Gasteiger partial charge in [-0.05, 0) is 38.5 Å². The van der Waals surface area contributed by atoms with E-state index in [9.17, 15) is 29.1 Å². The van der Waals surface area contributed by atoms with Gasteiger partial charge in [0.15, 0.2) is 0 Å². The van der Waals surface area contributed by atoms with Crippen LogP contribution in [0.2, 0.25) is 0 Å². The van der Waals surface area contributed by atoms with Crippen LogP contribution in [0.4, 0.5) is 4.79 Å².